The monoisotopic (exact) mass is 427 g/mol. The number of fused-ring (bicyclic) bond motifs is 1. The third-order valence-electron chi connectivity index (χ3n) is 5.59. The van der Waals surface area contributed by atoms with Crippen LogP contribution in [0.2, 0.25) is 0 Å². The van der Waals surface area contributed by atoms with Gasteiger partial charge < -0.3 is 19.4 Å². The SMILES string of the molecule is COCCN1C[C@@H]2CN(Cc3ccc(C(F)(F)F)cc3)C(=O)N2[C@@H](CC(C)C)C1=O. The maximum Gasteiger partial charge on any atom is 0.416 e. The average molecular weight is 427 g/mol. The van der Waals surface area contributed by atoms with Crippen LogP contribution >= 0.6 is 0 Å². The number of ether oxygens (including phenoxy) is 1. The van der Waals surface area contributed by atoms with E-state index in [2.05, 4.69) is 0 Å². The molecule has 2 saturated heterocycles. The predicted molar refractivity (Wildman–Crippen MR) is 105 cm³/mol. The summed E-state index contributed by atoms with van der Waals surface area (Å²) in [4.78, 5) is 31.2. The molecule has 2 heterocycles. The zero-order chi connectivity index (χ0) is 22.1. The molecule has 2 fully saturated rings. The fourth-order valence-corrected chi connectivity index (χ4v) is 4.16. The Hall–Kier alpha value is -2.29. The standard InChI is InChI=1S/C21H28F3N3O3/c1-14(2)10-18-19(28)25(8-9-30-3)12-17-13-26(20(29)27(17)18)11-15-4-6-16(7-5-15)21(22,23)24/h4-7,14,17-18H,8-13H2,1-3H3/t17-,18+/m1/s1. The fraction of sp³-hybridized carbons (Fsp3) is 0.619. The Bertz CT molecular complexity index is 767. The molecular weight excluding hydrogens is 399 g/mol. The van der Waals surface area contributed by atoms with Gasteiger partial charge in [-0.3, -0.25) is 4.79 Å². The number of amides is 3. The Morgan fingerprint density at radius 2 is 1.73 bits per heavy atom. The number of hydrogen-bond donors (Lipinski definition) is 0. The number of rotatable bonds is 7. The summed E-state index contributed by atoms with van der Waals surface area (Å²) >= 11 is 0. The van der Waals surface area contributed by atoms with Crippen LogP contribution < -0.4 is 0 Å². The highest BCUT2D eigenvalue weighted by Crippen LogP contribution is 2.31. The molecule has 0 aliphatic carbocycles. The number of carbonyl (C=O) groups excluding carboxylic acids is 2. The highest BCUT2D eigenvalue weighted by molar-refractivity contribution is 5.90. The van der Waals surface area contributed by atoms with Crippen LogP contribution in [0.4, 0.5) is 18.0 Å². The lowest BCUT2D eigenvalue weighted by molar-refractivity contribution is -0.143. The minimum absolute atomic E-state index is 0.0678. The number of alkyl halides is 3. The average Bonchev–Trinajstić information content (AvgIpc) is 2.97. The molecule has 166 valence electrons. The number of piperazine rings is 1. The van der Waals surface area contributed by atoms with Gasteiger partial charge in [-0.05, 0) is 30.0 Å². The Morgan fingerprint density at radius 1 is 1.10 bits per heavy atom. The number of nitrogens with zero attached hydrogens (tertiary/aromatic N) is 3. The van der Waals surface area contributed by atoms with Gasteiger partial charge in [-0.2, -0.15) is 13.2 Å². The van der Waals surface area contributed by atoms with E-state index in [0.717, 1.165) is 12.1 Å². The van der Waals surface area contributed by atoms with Crippen LogP contribution in [0.25, 0.3) is 0 Å². The summed E-state index contributed by atoms with van der Waals surface area (Å²) in [6.07, 6.45) is -3.82. The van der Waals surface area contributed by atoms with Crippen LogP contribution in [-0.4, -0.2) is 72.1 Å². The van der Waals surface area contributed by atoms with Crippen molar-refractivity contribution in [1.82, 2.24) is 14.7 Å². The molecule has 30 heavy (non-hydrogen) atoms. The number of methoxy groups -OCH3 is 1. The summed E-state index contributed by atoms with van der Waals surface area (Å²) in [5, 5.41) is 0. The van der Waals surface area contributed by atoms with E-state index in [0.29, 0.717) is 38.2 Å². The Morgan fingerprint density at radius 3 is 2.30 bits per heavy atom. The molecule has 0 unspecified atom stereocenters. The normalized spacial score (nSPS) is 22.3. The number of benzene rings is 1. The first-order chi connectivity index (χ1) is 14.1. The topological polar surface area (TPSA) is 53.1 Å². The van der Waals surface area contributed by atoms with Gasteiger partial charge in [0.2, 0.25) is 5.91 Å². The molecule has 2 atom stereocenters. The minimum Gasteiger partial charge on any atom is -0.383 e. The first-order valence-corrected chi connectivity index (χ1v) is 10.1. The number of urea groups is 1. The molecule has 0 bridgehead atoms. The second kappa shape index (κ2) is 8.83. The van der Waals surface area contributed by atoms with Crippen molar-refractivity contribution < 1.29 is 27.5 Å². The van der Waals surface area contributed by atoms with Crippen molar-refractivity contribution in [3.8, 4) is 0 Å². The largest absolute Gasteiger partial charge is 0.416 e. The second-order valence-corrected chi connectivity index (χ2v) is 8.34. The third-order valence-corrected chi connectivity index (χ3v) is 5.59. The summed E-state index contributed by atoms with van der Waals surface area (Å²) in [6.45, 7) is 6.01. The molecule has 2 aliphatic heterocycles. The van der Waals surface area contributed by atoms with Gasteiger partial charge in [0.15, 0.2) is 0 Å². The van der Waals surface area contributed by atoms with Crippen LogP contribution in [0.5, 0.6) is 0 Å². The van der Waals surface area contributed by atoms with E-state index in [1.165, 1.54) is 12.1 Å². The van der Waals surface area contributed by atoms with Gasteiger partial charge in [-0.1, -0.05) is 26.0 Å². The van der Waals surface area contributed by atoms with Crippen molar-refractivity contribution >= 4 is 11.9 Å². The first kappa shape index (κ1) is 22.4. The molecule has 9 heteroatoms. The van der Waals surface area contributed by atoms with Crippen LogP contribution in [0.15, 0.2) is 24.3 Å². The van der Waals surface area contributed by atoms with Crippen molar-refractivity contribution in [3.63, 3.8) is 0 Å². The molecule has 0 saturated carbocycles. The Labute approximate surface area is 174 Å². The van der Waals surface area contributed by atoms with Crippen molar-refractivity contribution in [1.29, 1.82) is 0 Å². The van der Waals surface area contributed by atoms with E-state index >= 15 is 0 Å². The lowest BCUT2D eigenvalue weighted by Gasteiger charge is -2.42. The zero-order valence-electron chi connectivity index (χ0n) is 17.5. The van der Waals surface area contributed by atoms with Crippen LogP contribution in [0.1, 0.15) is 31.4 Å². The number of hydrogen-bond acceptors (Lipinski definition) is 3. The van der Waals surface area contributed by atoms with Gasteiger partial charge in [-0.25, -0.2) is 4.79 Å². The molecule has 0 N–H and O–H groups in total. The second-order valence-electron chi connectivity index (χ2n) is 8.34. The van der Waals surface area contributed by atoms with E-state index in [4.69, 9.17) is 4.74 Å². The third kappa shape index (κ3) is 4.71. The smallest absolute Gasteiger partial charge is 0.383 e. The van der Waals surface area contributed by atoms with E-state index in [-0.39, 0.29) is 30.4 Å². The van der Waals surface area contributed by atoms with E-state index < -0.39 is 17.8 Å². The van der Waals surface area contributed by atoms with E-state index in [1.54, 1.807) is 21.8 Å². The maximum absolute atomic E-state index is 13.1. The molecule has 1 aromatic rings. The van der Waals surface area contributed by atoms with Gasteiger partial charge in [0, 0.05) is 33.3 Å². The lowest BCUT2D eigenvalue weighted by atomic mass is 9.97. The molecule has 3 rings (SSSR count). The maximum atomic E-state index is 13.1. The summed E-state index contributed by atoms with van der Waals surface area (Å²) in [6, 6.07) is 3.97. The fourth-order valence-electron chi connectivity index (χ4n) is 4.16. The molecule has 0 radical (unpaired) electrons. The minimum atomic E-state index is -4.39. The molecule has 0 spiro atoms. The van der Waals surface area contributed by atoms with Crippen molar-refractivity contribution in [2.45, 2.75) is 45.1 Å². The molecule has 6 nitrogen and oxygen atoms in total. The quantitative estimate of drug-likeness (QED) is 0.672. The predicted octanol–water partition coefficient (Wildman–Crippen LogP) is 3.21. The lowest BCUT2D eigenvalue weighted by Crippen LogP contribution is -2.61. The highest BCUT2D eigenvalue weighted by atomic mass is 19.4. The Kier molecular flexibility index (Phi) is 6.59. The van der Waals surface area contributed by atoms with Crippen LogP contribution in [0.3, 0.4) is 0 Å². The van der Waals surface area contributed by atoms with Crippen molar-refractivity contribution in [3.05, 3.63) is 35.4 Å². The van der Waals surface area contributed by atoms with Crippen molar-refractivity contribution in [2.75, 3.05) is 33.4 Å². The number of carbonyl (C=O) groups is 2. The summed E-state index contributed by atoms with van der Waals surface area (Å²) < 4.78 is 43.5. The van der Waals surface area contributed by atoms with Gasteiger partial charge in [-0.15, -0.1) is 0 Å². The number of halogens is 3. The molecular formula is C21H28F3N3O3. The zero-order valence-corrected chi connectivity index (χ0v) is 17.5. The summed E-state index contributed by atoms with van der Waals surface area (Å²) in [5.74, 6) is 0.167. The first-order valence-electron chi connectivity index (χ1n) is 10.1. The van der Waals surface area contributed by atoms with E-state index in [1.807, 2.05) is 13.8 Å². The van der Waals surface area contributed by atoms with Crippen LogP contribution in [-0.2, 0) is 22.3 Å². The van der Waals surface area contributed by atoms with Gasteiger partial charge in [0.25, 0.3) is 0 Å². The Balaban J connectivity index is 1.76. The molecule has 3 amide bonds. The molecule has 2 aliphatic rings. The summed E-state index contributed by atoms with van der Waals surface area (Å²) in [7, 11) is 1.58. The van der Waals surface area contributed by atoms with Gasteiger partial charge >= 0.3 is 12.2 Å². The van der Waals surface area contributed by atoms with Gasteiger partial charge in [0.1, 0.15) is 6.04 Å². The van der Waals surface area contributed by atoms with Crippen LogP contribution in [0, 0.1) is 5.92 Å². The van der Waals surface area contributed by atoms with Gasteiger partial charge in [0.05, 0.1) is 18.2 Å². The highest BCUT2D eigenvalue weighted by Gasteiger charge is 2.49. The van der Waals surface area contributed by atoms with E-state index in [9.17, 15) is 22.8 Å². The molecule has 0 aromatic heterocycles. The van der Waals surface area contributed by atoms with Crippen molar-refractivity contribution in [2.24, 2.45) is 5.92 Å². The summed E-state index contributed by atoms with van der Waals surface area (Å²) in [5.41, 5.74) is -0.0908. The molecule has 1 aromatic carbocycles.